The van der Waals surface area contributed by atoms with Crippen LogP contribution in [0.4, 0.5) is 5.95 Å². The minimum absolute atomic E-state index is 0.0612. The number of rotatable bonds is 3. The third-order valence-corrected chi connectivity index (χ3v) is 3.54. The molecule has 0 amide bonds. The zero-order valence-corrected chi connectivity index (χ0v) is 12.5. The van der Waals surface area contributed by atoms with E-state index in [1.165, 1.54) is 4.68 Å². The molecule has 0 unspecified atom stereocenters. The van der Waals surface area contributed by atoms with Gasteiger partial charge in [-0.3, -0.25) is 9.13 Å². The summed E-state index contributed by atoms with van der Waals surface area (Å²) in [4.78, 5) is 11.9. The predicted octanol–water partition coefficient (Wildman–Crippen LogP) is -0.0633. The quantitative estimate of drug-likeness (QED) is 0.400. The normalized spacial score (nSPS) is 11.6. The van der Waals surface area contributed by atoms with Gasteiger partial charge in [0.1, 0.15) is 0 Å². The fourth-order valence-electron chi connectivity index (χ4n) is 2.21. The summed E-state index contributed by atoms with van der Waals surface area (Å²) in [5.41, 5.74) is 5.22. The minimum atomic E-state index is -0.0612. The van der Waals surface area contributed by atoms with E-state index in [0.29, 0.717) is 11.8 Å². The van der Waals surface area contributed by atoms with Crippen molar-refractivity contribution in [3.8, 4) is 0 Å². The number of nitrogens with two attached hydrogens (primary N) is 1. The van der Waals surface area contributed by atoms with E-state index < -0.39 is 0 Å². The number of nitrogens with zero attached hydrogens (tertiary/aromatic N) is 6. The molecule has 3 rings (SSSR count). The molecular weight excluding hydrogens is 284 g/mol. The summed E-state index contributed by atoms with van der Waals surface area (Å²) in [6.07, 6.45) is 1.63. The number of fused-ring (bicyclic) bond motifs is 1. The van der Waals surface area contributed by atoms with Gasteiger partial charge < -0.3 is 5.84 Å². The fourth-order valence-corrected chi connectivity index (χ4v) is 2.21. The van der Waals surface area contributed by atoms with Gasteiger partial charge in [-0.15, -0.1) is 10.2 Å². The van der Waals surface area contributed by atoms with Crippen molar-refractivity contribution in [3.05, 3.63) is 40.1 Å². The second kappa shape index (κ2) is 5.02. The van der Waals surface area contributed by atoms with Crippen molar-refractivity contribution in [1.82, 2.24) is 24.0 Å². The first-order valence-electron chi connectivity index (χ1n) is 6.60. The molecule has 0 atom stereocenters. The minimum Gasteiger partial charge on any atom is -0.335 e. The van der Waals surface area contributed by atoms with Gasteiger partial charge in [0.2, 0.25) is 0 Å². The van der Waals surface area contributed by atoms with Crippen molar-refractivity contribution in [1.29, 1.82) is 0 Å². The average Bonchev–Trinajstić information content (AvgIpc) is 2.94. The molecule has 0 saturated heterocycles. The number of nitrogen functional groups attached to an aromatic ring is 1. The van der Waals surface area contributed by atoms with Crippen molar-refractivity contribution in [2.45, 2.75) is 6.92 Å². The van der Waals surface area contributed by atoms with Crippen LogP contribution in [0, 0.1) is 6.92 Å². The lowest BCUT2D eigenvalue weighted by molar-refractivity contribution is 0.795. The number of anilines is 1. The molecule has 0 aliphatic heterocycles. The maximum atomic E-state index is 11.9. The smallest absolute Gasteiger partial charge is 0.328 e. The van der Waals surface area contributed by atoms with Crippen LogP contribution in [-0.4, -0.2) is 30.2 Å². The lowest BCUT2D eigenvalue weighted by Gasteiger charge is -2.00. The van der Waals surface area contributed by atoms with Gasteiger partial charge in [0.05, 0.1) is 17.2 Å². The van der Waals surface area contributed by atoms with Gasteiger partial charge in [0.25, 0.3) is 5.95 Å². The Hall–Kier alpha value is -3.10. The van der Waals surface area contributed by atoms with Gasteiger partial charge >= 0.3 is 5.69 Å². The van der Waals surface area contributed by atoms with Crippen molar-refractivity contribution >= 4 is 23.2 Å². The first-order valence-corrected chi connectivity index (χ1v) is 6.60. The number of imidazole rings is 1. The second-order valence-electron chi connectivity index (χ2n) is 4.96. The van der Waals surface area contributed by atoms with Crippen LogP contribution in [0.25, 0.3) is 11.0 Å². The van der Waals surface area contributed by atoms with E-state index >= 15 is 0 Å². The summed E-state index contributed by atoms with van der Waals surface area (Å²) in [5, 5.41) is 11.7. The number of hydrazone groups is 1. The van der Waals surface area contributed by atoms with Crippen molar-refractivity contribution in [3.63, 3.8) is 0 Å². The Labute approximate surface area is 125 Å². The van der Waals surface area contributed by atoms with Gasteiger partial charge in [-0.2, -0.15) is 5.10 Å². The lowest BCUT2D eigenvalue weighted by atomic mass is 10.2. The van der Waals surface area contributed by atoms with E-state index in [0.717, 1.165) is 16.6 Å². The Morgan fingerprint density at radius 3 is 2.64 bits per heavy atom. The molecule has 0 bridgehead atoms. The highest BCUT2D eigenvalue weighted by atomic mass is 16.1. The van der Waals surface area contributed by atoms with Crippen LogP contribution in [0.2, 0.25) is 0 Å². The van der Waals surface area contributed by atoms with Crippen molar-refractivity contribution in [2.75, 3.05) is 11.3 Å². The number of aryl methyl sites for hydroxylation is 3. The summed E-state index contributed by atoms with van der Waals surface area (Å²) in [6.45, 7) is 1.74. The Kier molecular flexibility index (Phi) is 3.17. The van der Waals surface area contributed by atoms with E-state index in [1.54, 1.807) is 36.4 Å². The third-order valence-electron chi connectivity index (χ3n) is 3.54. The summed E-state index contributed by atoms with van der Waals surface area (Å²) in [7, 11) is 3.49. The van der Waals surface area contributed by atoms with Gasteiger partial charge in [-0.1, -0.05) is 6.07 Å². The largest absolute Gasteiger partial charge is 0.335 e. The standard InChI is InChI=1S/C13H16N8O/c1-8-16-18-12(21(8)14)17-15-7-9-4-5-10-11(6-9)20(3)13(22)19(10)2/h4-7H,14H2,1-3H3,(H,17,18)/b15-7-. The molecule has 3 N–H and O–H groups in total. The Balaban J connectivity index is 1.88. The molecule has 1 aromatic carbocycles. The molecule has 114 valence electrons. The predicted molar refractivity (Wildman–Crippen MR) is 84.3 cm³/mol. The molecular formula is C13H16N8O. The Morgan fingerprint density at radius 2 is 1.95 bits per heavy atom. The average molecular weight is 300 g/mol. The molecule has 0 aliphatic rings. The SMILES string of the molecule is Cc1nnc(N/N=C\c2ccc3c(c2)n(C)c(=O)n3C)n1N. The summed E-state index contributed by atoms with van der Waals surface area (Å²) in [5.74, 6) is 6.64. The third kappa shape index (κ3) is 2.12. The highest BCUT2D eigenvalue weighted by Gasteiger charge is 2.07. The van der Waals surface area contributed by atoms with Gasteiger partial charge in [0.15, 0.2) is 5.82 Å². The lowest BCUT2D eigenvalue weighted by Crippen LogP contribution is -2.19. The van der Waals surface area contributed by atoms with E-state index in [4.69, 9.17) is 5.84 Å². The van der Waals surface area contributed by atoms with Gasteiger partial charge in [-0.25, -0.2) is 14.9 Å². The highest BCUT2D eigenvalue weighted by Crippen LogP contribution is 2.13. The highest BCUT2D eigenvalue weighted by molar-refractivity contribution is 5.87. The number of aromatic nitrogens is 5. The molecule has 0 aliphatic carbocycles. The molecule has 2 heterocycles. The van der Waals surface area contributed by atoms with Gasteiger partial charge in [-0.05, 0) is 24.6 Å². The monoisotopic (exact) mass is 300 g/mol. The van der Waals surface area contributed by atoms with Crippen LogP contribution in [0.1, 0.15) is 11.4 Å². The van der Waals surface area contributed by atoms with Gasteiger partial charge in [0, 0.05) is 14.1 Å². The molecule has 0 radical (unpaired) electrons. The molecule has 9 nitrogen and oxygen atoms in total. The number of nitrogens with one attached hydrogen (secondary N) is 1. The Bertz CT molecular complexity index is 930. The van der Waals surface area contributed by atoms with E-state index in [2.05, 4.69) is 20.7 Å². The molecule has 22 heavy (non-hydrogen) atoms. The number of benzene rings is 1. The van der Waals surface area contributed by atoms with Crippen LogP contribution in [-0.2, 0) is 14.1 Å². The first-order chi connectivity index (χ1) is 10.5. The summed E-state index contributed by atoms with van der Waals surface area (Å²) >= 11 is 0. The zero-order valence-electron chi connectivity index (χ0n) is 12.5. The maximum Gasteiger partial charge on any atom is 0.328 e. The summed E-state index contributed by atoms with van der Waals surface area (Å²) < 4.78 is 4.51. The molecule has 0 saturated carbocycles. The van der Waals surface area contributed by atoms with Crippen LogP contribution in [0.15, 0.2) is 28.1 Å². The first kappa shape index (κ1) is 13.9. The van der Waals surface area contributed by atoms with Crippen LogP contribution in [0.5, 0.6) is 0 Å². The molecule has 0 fully saturated rings. The second-order valence-corrected chi connectivity index (χ2v) is 4.96. The van der Waals surface area contributed by atoms with Crippen LogP contribution in [0.3, 0.4) is 0 Å². The van der Waals surface area contributed by atoms with Crippen LogP contribution >= 0.6 is 0 Å². The van der Waals surface area contributed by atoms with E-state index in [1.807, 2.05) is 18.2 Å². The molecule has 2 aromatic heterocycles. The fraction of sp³-hybridized carbons (Fsp3) is 0.231. The van der Waals surface area contributed by atoms with E-state index in [9.17, 15) is 4.79 Å². The number of hydrogen-bond acceptors (Lipinski definition) is 6. The maximum absolute atomic E-state index is 11.9. The molecule has 3 aromatic rings. The molecule has 0 spiro atoms. The van der Waals surface area contributed by atoms with Crippen molar-refractivity contribution in [2.24, 2.45) is 19.2 Å². The topological polar surface area (TPSA) is 108 Å². The van der Waals surface area contributed by atoms with Crippen molar-refractivity contribution < 1.29 is 0 Å². The summed E-state index contributed by atoms with van der Waals surface area (Å²) in [6, 6.07) is 5.65. The van der Waals surface area contributed by atoms with E-state index in [-0.39, 0.29) is 5.69 Å². The zero-order chi connectivity index (χ0) is 15.9. The van der Waals surface area contributed by atoms with Crippen LogP contribution < -0.4 is 17.0 Å². The Morgan fingerprint density at radius 1 is 1.23 bits per heavy atom. The number of hydrogen-bond donors (Lipinski definition) is 2. The molecule has 9 heteroatoms.